The molecule has 0 heterocycles. The van der Waals surface area contributed by atoms with Crippen LogP contribution in [0.25, 0.3) is 0 Å². The van der Waals surface area contributed by atoms with Crippen LogP contribution in [0.4, 0.5) is 5.69 Å². The van der Waals surface area contributed by atoms with Crippen LogP contribution in [0.3, 0.4) is 0 Å². The molecule has 3 fully saturated rings. The van der Waals surface area contributed by atoms with E-state index in [9.17, 15) is 9.59 Å². The maximum atomic E-state index is 12.8. The van der Waals surface area contributed by atoms with Gasteiger partial charge < -0.3 is 10.1 Å². The van der Waals surface area contributed by atoms with Gasteiger partial charge in [-0.1, -0.05) is 84.2 Å². The first-order chi connectivity index (χ1) is 21.0. The molecule has 1 N–H and O–H groups in total. The van der Waals surface area contributed by atoms with Crippen LogP contribution in [0.5, 0.6) is 0 Å². The zero-order valence-electron chi connectivity index (χ0n) is 28.9. The molecule has 0 radical (unpaired) electrons. The lowest BCUT2D eigenvalue weighted by Crippen LogP contribution is -2.51. The SMILES string of the molecule is CC[C@H](CC[C@@H](C)[C@H]1CC[C@H]2[C@@H]3CC=C4C[C@@H](OC(=O)CCC(=O)Nc5ccccc5C)CC[C@]4(C)[C@H]3CC[C@]12C)C(C)C. The summed E-state index contributed by atoms with van der Waals surface area (Å²) in [6.07, 6.45) is 16.7. The van der Waals surface area contributed by atoms with Crippen LogP contribution < -0.4 is 5.32 Å². The second kappa shape index (κ2) is 13.7. The predicted octanol–water partition coefficient (Wildman–Crippen LogP) is 10.3. The van der Waals surface area contributed by atoms with Crippen molar-refractivity contribution in [2.45, 2.75) is 138 Å². The average molecular weight is 604 g/mol. The molecule has 4 aliphatic rings. The number of fused-ring (bicyclic) bond motifs is 5. The number of carbonyl (C=O) groups excluding carboxylic acids is 2. The molecule has 0 bridgehead atoms. The van der Waals surface area contributed by atoms with E-state index in [4.69, 9.17) is 4.74 Å². The molecule has 44 heavy (non-hydrogen) atoms. The molecular weight excluding hydrogens is 542 g/mol. The summed E-state index contributed by atoms with van der Waals surface area (Å²) in [5.41, 5.74) is 4.11. The van der Waals surface area contributed by atoms with Crippen molar-refractivity contribution in [1.82, 2.24) is 0 Å². The van der Waals surface area contributed by atoms with Gasteiger partial charge in [-0.15, -0.1) is 0 Å². The highest BCUT2D eigenvalue weighted by molar-refractivity contribution is 5.93. The summed E-state index contributed by atoms with van der Waals surface area (Å²) in [6.45, 7) is 17.0. The van der Waals surface area contributed by atoms with Crippen LogP contribution in [-0.4, -0.2) is 18.0 Å². The fourth-order valence-corrected chi connectivity index (χ4v) is 10.8. The van der Waals surface area contributed by atoms with Crippen LogP contribution in [0.15, 0.2) is 35.9 Å². The van der Waals surface area contributed by atoms with Gasteiger partial charge in [0.2, 0.25) is 5.91 Å². The van der Waals surface area contributed by atoms with Gasteiger partial charge >= 0.3 is 5.97 Å². The fourth-order valence-electron chi connectivity index (χ4n) is 10.8. The summed E-state index contributed by atoms with van der Waals surface area (Å²) in [6, 6.07) is 7.72. The van der Waals surface area contributed by atoms with E-state index < -0.39 is 0 Å². The number of para-hydroxylation sites is 1. The highest BCUT2D eigenvalue weighted by Gasteiger charge is 2.59. The molecule has 0 unspecified atom stereocenters. The smallest absolute Gasteiger partial charge is 0.306 e. The Kier molecular flexibility index (Phi) is 10.4. The number of ether oxygens (including phenoxy) is 1. The first-order valence-electron chi connectivity index (χ1n) is 18.2. The monoisotopic (exact) mass is 603 g/mol. The number of aryl methyl sites for hydroxylation is 1. The highest BCUT2D eigenvalue weighted by atomic mass is 16.5. The Bertz CT molecular complexity index is 1200. The normalized spacial score (nSPS) is 34.3. The molecule has 3 saturated carbocycles. The molecule has 0 spiro atoms. The molecule has 4 nitrogen and oxygen atoms in total. The van der Waals surface area contributed by atoms with E-state index >= 15 is 0 Å². The van der Waals surface area contributed by atoms with E-state index in [-0.39, 0.29) is 36.2 Å². The van der Waals surface area contributed by atoms with Crippen molar-refractivity contribution >= 4 is 17.6 Å². The van der Waals surface area contributed by atoms with Crippen molar-refractivity contribution < 1.29 is 14.3 Å². The molecule has 244 valence electrons. The summed E-state index contributed by atoms with van der Waals surface area (Å²) >= 11 is 0. The average Bonchev–Trinajstić information content (AvgIpc) is 3.35. The number of amides is 1. The van der Waals surface area contributed by atoms with Crippen LogP contribution in [-0.2, 0) is 14.3 Å². The Hall–Kier alpha value is -2.10. The summed E-state index contributed by atoms with van der Waals surface area (Å²) in [5, 5.41) is 2.93. The molecule has 9 atom stereocenters. The molecule has 4 aliphatic carbocycles. The molecule has 0 saturated heterocycles. The number of rotatable bonds is 11. The second-order valence-electron chi connectivity index (χ2n) is 16.2. The maximum absolute atomic E-state index is 12.8. The largest absolute Gasteiger partial charge is 0.462 e. The van der Waals surface area contributed by atoms with E-state index in [0.717, 1.165) is 71.9 Å². The standard InChI is InChI=1S/C40H61NO3/c1-8-29(26(2)3)14-13-27(4)33-17-18-34-32-16-15-30-25-31(21-23-39(30,6)35(32)22-24-40(33,34)7)44-38(43)20-19-37(42)41-36-12-10-9-11-28(36)5/h9-12,15,26-27,29,31-35H,8,13-14,16-25H2,1-7H3,(H,41,42)/t27-,29-,31+,32+,33-,34+,35+,39+,40-/m1/s1. The zero-order valence-corrected chi connectivity index (χ0v) is 28.9. The minimum Gasteiger partial charge on any atom is -0.462 e. The lowest BCUT2D eigenvalue weighted by atomic mass is 9.47. The zero-order chi connectivity index (χ0) is 31.6. The Morgan fingerprint density at radius 2 is 1.75 bits per heavy atom. The lowest BCUT2D eigenvalue weighted by molar-refractivity contribution is -0.152. The molecule has 5 rings (SSSR count). The van der Waals surface area contributed by atoms with Crippen molar-refractivity contribution in [2.24, 2.45) is 52.3 Å². The van der Waals surface area contributed by atoms with Gasteiger partial charge in [-0.05, 0) is 122 Å². The summed E-state index contributed by atoms with van der Waals surface area (Å²) in [5.74, 6) is 5.44. The third-order valence-electron chi connectivity index (χ3n) is 13.6. The van der Waals surface area contributed by atoms with E-state index in [1.165, 1.54) is 51.4 Å². The van der Waals surface area contributed by atoms with Crippen LogP contribution in [0.1, 0.15) is 131 Å². The molecular formula is C40H61NO3. The molecule has 4 heteroatoms. The topological polar surface area (TPSA) is 55.4 Å². The first kappa shape index (κ1) is 33.3. The van der Waals surface area contributed by atoms with Gasteiger partial charge in [0.25, 0.3) is 0 Å². The van der Waals surface area contributed by atoms with Gasteiger partial charge in [-0.2, -0.15) is 0 Å². The van der Waals surface area contributed by atoms with Gasteiger partial charge in [0, 0.05) is 18.5 Å². The molecule has 0 aromatic heterocycles. The van der Waals surface area contributed by atoms with E-state index in [2.05, 4.69) is 52.9 Å². The van der Waals surface area contributed by atoms with Crippen molar-refractivity contribution in [3.63, 3.8) is 0 Å². The summed E-state index contributed by atoms with van der Waals surface area (Å²) < 4.78 is 5.97. The first-order valence-corrected chi connectivity index (χ1v) is 18.2. The van der Waals surface area contributed by atoms with Gasteiger partial charge in [0.1, 0.15) is 6.10 Å². The Labute approximate surface area is 268 Å². The van der Waals surface area contributed by atoms with Crippen LogP contribution >= 0.6 is 0 Å². The van der Waals surface area contributed by atoms with E-state index in [0.29, 0.717) is 5.41 Å². The molecule has 1 amide bonds. The maximum Gasteiger partial charge on any atom is 0.306 e. The van der Waals surface area contributed by atoms with Gasteiger partial charge in [-0.25, -0.2) is 0 Å². The van der Waals surface area contributed by atoms with Crippen molar-refractivity contribution in [2.75, 3.05) is 5.32 Å². The number of allylic oxidation sites excluding steroid dienone is 1. The van der Waals surface area contributed by atoms with Crippen molar-refractivity contribution in [1.29, 1.82) is 0 Å². The van der Waals surface area contributed by atoms with Gasteiger partial charge in [0.15, 0.2) is 0 Å². The third-order valence-corrected chi connectivity index (χ3v) is 13.6. The lowest BCUT2D eigenvalue weighted by Gasteiger charge is -2.58. The van der Waals surface area contributed by atoms with Gasteiger partial charge in [0.05, 0.1) is 6.42 Å². The predicted molar refractivity (Wildman–Crippen MR) is 181 cm³/mol. The molecule has 0 aliphatic heterocycles. The van der Waals surface area contributed by atoms with Crippen LogP contribution in [0, 0.1) is 59.2 Å². The number of carbonyl (C=O) groups is 2. The number of nitrogens with one attached hydrogen (secondary N) is 1. The quantitative estimate of drug-likeness (QED) is 0.202. The number of benzene rings is 1. The number of esters is 1. The second-order valence-corrected chi connectivity index (χ2v) is 16.2. The summed E-state index contributed by atoms with van der Waals surface area (Å²) in [7, 11) is 0. The Balaban J connectivity index is 1.15. The Morgan fingerprint density at radius 3 is 2.48 bits per heavy atom. The van der Waals surface area contributed by atoms with E-state index in [1.807, 2.05) is 31.2 Å². The fraction of sp³-hybridized carbons (Fsp3) is 0.750. The Morgan fingerprint density at radius 1 is 0.977 bits per heavy atom. The van der Waals surface area contributed by atoms with Crippen molar-refractivity contribution in [3.8, 4) is 0 Å². The molecule has 1 aromatic rings. The number of hydrogen-bond donors (Lipinski definition) is 1. The van der Waals surface area contributed by atoms with Gasteiger partial charge in [-0.3, -0.25) is 9.59 Å². The third kappa shape index (κ3) is 6.70. The van der Waals surface area contributed by atoms with E-state index in [1.54, 1.807) is 5.57 Å². The molecule has 1 aromatic carbocycles. The number of anilines is 1. The number of hydrogen-bond acceptors (Lipinski definition) is 3. The highest BCUT2D eigenvalue weighted by Crippen LogP contribution is 2.67. The van der Waals surface area contributed by atoms with Crippen molar-refractivity contribution in [3.05, 3.63) is 41.5 Å². The minimum absolute atomic E-state index is 0.0545. The minimum atomic E-state index is -0.244. The van der Waals surface area contributed by atoms with Crippen LogP contribution in [0.2, 0.25) is 0 Å². The summed E-state index contributed by atoms with van der Waals surface area (Å²) in [4.78, 5) is 25.2.